The summed E-state index contributed by atoms with van der Waals surface area (Å²) < 4.78 is 11.4. The molecule has 0 aliphatic carbocycles. The zero-order valence-electron chi connectivity index (χ0n) is 55.8. The number of aliphatic hydroxyl groups excluding tert-OH is 5. The number of unbranched alkanes of at least 4 members (excludes halogenated alkanes) is 58. The van der Waals surface area contributed by atoms with Gasteiger partial charge in [0.2, 0.25) is 5.91 Å². The summed E-state index contributed by atoms with van der Waals surface area (Å²) in [6, 6.07) is -0.716. The first-order valence-corrected chi connectivity index (χ1v) is 37.7. The number of rotatable bonds is 68. The van der Waals surface area contributed by atoms with E-state index in [2.05, 4.69) is 19.2 Å². The number of carbonyl (C=O) groups excluding carboxylic acids is 1. The maximum absolute atomic E-state index is 13.2. The van der Waals surface area contributed by atoms with Gasteiger partial charge in [-0.3, -0.25) is 4.79 Å². The summed E-state index contributed by atoms with van der Waals surface area (Å²) in [6.07, 6.45) is 74.8. The lowest BCUT2D eigenvalue weighted by Crippen LogP contribution is -2.60. The normalized spacial score (nSPS) is 18.1. The molecule has 0 aromatic carbocycles. The third-order valence-electron chi connectivity index (χ3n) is 18.7. The fourth-order valence-electron chi connectivity index (χ4n) is 12.8. The van der Waals surface area contributed by atoms with Gasteiger partial charge in [-0.15, -0.1) is 0 Å². The van der Waals surface area contributed by atoms with E-state index in [1.165, 1.54) is 347 Å². The molecule has 1 aliphatic heterocycles. The molecule has 7 unspecified atom stereocenters. The fraction of sp³-hybridized carbons (Fsp3) is 0.986. The molecule has 0 bridgehead atoms. The van der Waals surface area contributed by atoms with Crippen LogP contribution in [0, 0.1) is 0 Å². The highest BCUT2D eigenvalue weighted by Crippen LogP contribution is 2.24. The van der Waals surface area contributed by atoms with E-state index in [4.69, 9.17) is 9.47 Å². The average molecular weight is 1180 g/mol. The summed E-state index contributed by atoms with van der Waals surface area (Å²) in [6.45, 7) is 3.92. The lowest BCUT2D eigenvalue weighted by Gasteiger charge is -2.40. The number of aliphatic hydroxyl groups is 5. The smallest absolute Gasteiger partial charge is 0.220 e. The first kappa shape index (κ1) is 80.2. The van der Waals surface area contributed by atoms with Crippen molar-refractivity contribution < 1.29 is 39.8 Å². The van der Waals surface area contributed by atoms with Gasteiger partial charge in [-0.2, -0.15) is 0 Å². The van der Waals surface area contributed by atoms with E-state index in [0.29, 0.717) is 12.8 Å². The molecule has 0 saturated carbocycles. The van der Waals surface area contributed by atoms with Crippen molar-refractivity contribution in [3.05, 3.63) is 0 Å². The van der Waals surface area contributed by atoms with Crippen LogP contribution in [0.15, 0.2) is 0 Å². The lowest BCUT2D eigenvalue weighted by molar-refractivity contribution is -0.302. The molecular weight excluding hydrogens is 1030 g/mol. The van der Waals surface area contributed by atoms with Gasteiger partial charge in [-0.25, -0.2) is 0 Å². The van der Waals surface area contributed by atoms with Gasteiger partial charge in [0.25, 0.3) is 0 Å². The standard InChI is InChI=1S/C74H147NO8/c1-3-5-7-9-11-13-15-17-19-21-23-25-27-29-31-33-34-36-37-39-41-43-45-47-49-51-53-55-57-59-61-63-68(77)67(66-82-74-73(81)72(80)71(79)69(65-76)83-74)75-70(78)64-62-60-58-56-54-52-50-48-46-44-42-40-38-35-32-30-28-26-24-22-20-18-16-14-12-10-8-6-4-2/h67-69,71-74,76-77,79-81H,3-66H2,1-2H3,(H,75,78). The molecule has 83 heavy (non-hydrogen) atoms. The lowest BCUT2D eigenvalue weighted by atomic mass is 9.99. The van der Waals surface area contributed by atoms with E-state index < -0.39 is 49.5 Å². The van der Waals surface area contributed by atoms with Gasteiger partial charge in [0.15, 0.2) is 6.29 Å². The van der Waals surface area contributed by atoms with Gasteiger partial charge in [-0.1, -0.05) is 393 Å². The van der Waals surface area contributed by atoms with Gasteiger partial charge in [0.05, 0.1) is 25.4 Å². The van der Waals surface area contributed by atoms with Crippen molar-refractivity contribution >= 4 is 5.91 Å². The van der Waals surface area contributed by atoms with Crippen LogP contribution in [0.5, 0.6) is 0 Å². The van der Waals surface area contributed by atoms with Crippen LogP contribution in [0.25, 0.3) is 0 Å². The van der Waals surface area contributed by atoms with E-state index in [1.807, 2.05) is 0 Å². The average Bonchev–Trinajstić information content (AvgIpc) is 3.50. The zero-order chi connectivity index (χ0) is 60.0. The largest absolute Gasteiger partial charge is 0.394 e. The van der Waals surface area contributed by atoms with Crippen LogP contribution >= 0.6 is 0 Å². The first-order chi connectivity index (χ1) is 40.8. The maximum atomic E-state index is 13.2. The molecule has 1 aliphatic rings. The van der Waals surface area contributed by atoms with Crippen LogP contribution < -0.4 is 5.32 Å². The van der Waals surface area contributed by atoms with Crippen molar-refractivity contribution in [1.82, 2.24) is 5.32 Å². The predicted molar refractivity (Wildman–Crippen MR) is 355 cm³/mol. The van der Waals surface area contributed by atoms with Crippen LogP contribution in [-0.4, -0.2) is 87.5 Å². The van der Waals surface area contributed by atoms with Gasteiger partial charge < -0.3 is 40.3 Å². The summed E-state index contributed by atoms with van der Waals surface area (Å²) >= 11 is 0. The van der Waals surface area contributed by atoms with Gasteiger partial charge in [0, 0.05) is 6.42 Å². The Bertz CT molecular complexity index is 1270. The van der Waals surface area contributed by atoms with E-state index in [1.54, 1.807) is 0 Å². The Hall–Kier alpha value is -0.810. The minimum Gasteiger partial charge on any atom is -0.394 e. The second kappa shape index (κ2) is 64.2. The third-order valence-corrected chi connectivity index (χ3v) is 18.7. The van der Waals surface area contributed by atoms with Crippen molar-refractivity contribution in [1.29, 1.82) is 0 Å². The van der Waals surface area contributed by atoms with Crippen molar-refractivity contribution in [3.63, 3.8) is 0 Å². The van der Waals surface area contributed by atoms with Crippen LogP contribution in [-0.2, 0) is 14.3 Å². The van der Waals surface area contributed by atoms with Crippen LogP contribution in [0.3, 0.4) is 0 Å². The molecule has 1 rings (SSSR count). The van der Waals surface area contributed by atoms with Gasteiger partial charge in [-0.05, 0) is 12.8 Å². The van der Waals surface area contributed by atoms with E-state index in [0.717, 1.165) is 38.5 Å². The van der Waals surface area contributed by atoms with E-state index >= 15 is 0 Å². The predicted octanol–water partition coefficient (Wildman–Crippen LogP) is 20.9. The van der Waals surface area contributed by atoms with Crippen LogP contribution in [0.2, 0.25) is 0 Å². The summed E-state index contributed by atoms with van der Waals surface area (Å²) in [5, 5.41) is 55.0. The Morgan fingerprint density at radius 2 is 0.602 bits per heavy atom. The SMILES string of the molecule is CCCCCCCCCCCCCCCCCCCCCCCCCCCCCCCCCC(O)C(COC1OC(CO)C(O)C(O)C1O)NC(=O)CCCCCCCCCCCCCCCCCCCCCCCCCCCCCCC. The molecule has 0 spiro atoms. The quantitative estimate of drug-likeness (QED) is 0.0330. The van der Waals surface area contributed by atoms with Crippen molar-refractivity contribution in [2.75, 3.05) is 13.2 Å². The Morgan fingerprint density at radius 1 is 0.361 bits per heavy atom. The zero-order valence-corrected chi connectivity index (χ0v) is 55.8. The van der Waals surface area contributed by atoms with E-state index in [-0.39, 0.29) is 12.5 Å². The molecule has 9 heteroatoms. The Balaban J connectivity index is 2.06. The molecule has 1 heterocycles. The molecule has 496 valence electrons. The maximum Gasteiger partial charge on any atom is 0.220 e. The summed E-state index contributed by atoms with van der Waals surface area (Å²) in [7, 11) is 0. The molecule has 7 atom stereocenters. The third kappa shape index (κ3) is 52.8. The molecule has 6 N–H and O–H groups in total. The number of hydrogen-bond acceptors (Lipinski definition) is 8. The second-order valence-corrected chi connectivity index (χ2v) is 26.8. The summed E-state index contributed by atoms with van der Waals surface area (Å²) in [5.74, 6) is -0.132. The Morgan fingerprint density at radius 3 is 0.855 bits per heavy atom. The van der Waals surface area contributed by atoms with Crippen LogP contribution in [0.4, 0.5) is 0 Å². The second-order valence-electron chi connectivity index (χ2n) is 26.8. The number of carbonyl (C=O) groups is 1. The molecule has 1 amide bonds. The summed E-state index contributed by atoms with van der Waals surface area (Å²) in [5.41, 5.74) is 0. The number of amides is 1. The highest BCUT2D eigenvalue weighted by Gasteiger charge is 2.44. The number of hydrogen-bond donors (Lipinski definition) is 6. The highest BCUT2D eigenvalue weighted by atomic mass is 16.7. The van der Waals surface area contributed by atoms with E-state index in [9.17, 15) is 30.3 Å². The molecule has 0 aromatic heterocycles. The topological polar surface area (TPSA) is 149 Å². The van der Waals surface area contributed by atoms with Gasteiger partial charge >= 0.3 is 0 Å². The molecule has 9 nitrogen and oxygen atoms in total. The first-order valence-electron chi connectivity index (χ1n) is 37.7. The molecule has 0 aromatic rings. The van der Waals surface area contributed by atoms with Crippen LogP contribution in [0.1, 0.15) is 412 Å². The van der Waals surface area contributed by atoms with Crippen molar-refractivity contribution in [2.45, 2.75) is 455 Å². The Labute approximate surface area is 516 Å². The minimum absolute atomic E-state index is 0.130. The molecule has 1 saturated heterocycles. The number of nitrogens with one attached hydrogen (secondary N) is 1. The minimum atomic E-state index is -1.55. The highest BCUT2D eigenvalue weighted by molar-refractivity contribution is 5.76. The number of ether oxygens (including phenoxy) is 2. The monoisotopic (exact) mass is 1180 g/mol. The molecule has 0 radical (unpaired) electrons. The van der Waals surface area contributed by atoms with Gasteiger partial charge in [0.1, 0.15) is 24.4 Å². The van der Waals surface area contributed by atoms with Crippen molar-refractivity contribution in [3.8, 4) is 0 Å². The molecular formula is C74H147NO8. The summed E-state index contributed by atoms with van der Waals surface area (Å²) in [4.78, 5) is 13.2. The fourth-order valence-corrected chi connectivity index (χ4v) is 12.8. The Kier molecular flexibility index (Phi) is 62.0. The van der Waals surface area contributed by atoms with Crippen molar-refractivity contribution in [2.24, 2.45) is 0 Å². The molecule has 1 fully saturated rings.